The zero-order chi connectivity index (χ0) is 12.6. The lowest BCUT2D eigenvalue weighted by Crippen LogP contribution is -2.47. The van der Waals surface area contributed by atoms with Crippen molar-refractivity contribution in [2.24, 2.45) is 5.41 Å². The molecule has 1 atom stereocenters. The highest BCUT2D eigenvalue weighted by Gasteiger charge is 2.38. The number of hydrogen-bond donors (Lipinski definition) is 1. The Balaban J connectivity index is 0.00000162. The van der Waals surface area contributed by atoms with Crippen LogP contribution in [-0.2, 0) is 4.74 Å². The Hall–Kier alpha value is -0.810. The van der Waals surface area contributed by atoms with Gasteiger partial charge < -0.3 is 10.1 Å². The summed E-state index contributed by atoms with van der Waals surface area (Å²) >= 11 is 3.32. The monoisotopic (exact) mass is 337 g/mol. The third kappa shape index (κ3) is 2.95. The summed E-state index contributed by atoms with van der Waals surface area (Å²) in [6.07, 6.45) is -0.439. The molecule has 0 saturated carbocycles. The number of halogens is 3. The van der Waals surface area contributed by atoms with Gasteiger partial charge >= 0.3 is 6.09 Å². The van der Waals surface area contributed by atoms with Gasteiger partial charge in [-0.1, -0.05) is 35.8 Å². The fraction of sp³-hybridized carbons (Fsp3) is 0.417. The molecule has 1 heterocycles. The molecular weight excluding hydrogens is 324 g/mol. The molecule has 3 nitrogen and oxygen atoms in total. The quantitative estimate of drug-likeness (QED) is 0.845. The van der Waals surface area contributed by atoms with Gasteiger partial charge in [-0.2, -0.15) is 0 Å². The minimum atomic E-state index is -0.439. The Kier molecular flexibility index (Phi) is 4.61. The van der Waals surface area contributed by atoms with Crippen molar-refractivity contribution in [3.63, 3.8) is 0 Å². The lowest BCUT2D eigenvalue weighted by Gasteiger charge is -2.38. The second-order valence-corrected chi connectivity index (χ2v) is 5.66. The van der Waals surface area contributed by atoms with Crippen LogP contribution in [-0.4, -0.2) is 12.7 Å². The molecule has 100 valence electrons. The number of benzene rings is 1. The number of alkyl carbamates (subject to hydrolysis) is 1. The van der Waals surface area contributed by atoms with E-state index in [0.717, 1.165) is 5.56 Å². The Morgan fingerprint density at radius 2 is 2.17 bits per heavy atom. The molecule has 6 heteroatoms. The predicted octanol–water partition coefficient (Wildman–Crippen LogP) is 3.82. The maximum absolute atomic E-state index is 13.0. The van der Waals surface area contributed by atoms with Crippen LogP contribution >= 0.6 is 28.3 Å². The maximum Gasteiger partial charge on any atom is 0.407 e. The van der Waals surface area contributed by atoms with Crippen LogP contribution in [0.5, 0.6) is 0 Å². The second kappa shape index (κ2) is 5.45. The molecule has 1 fully saturated rings. The normalized spacial score (nSPS) is 21.6. The summed E-state index contributed by atoms with van der Waals surface area (Å²) in [6, 6.07) is 4.26. The van der Waals surface area contributed by atoms with Crippen LogP contribution in [0, 0.1) is 11.2 Å². The van der Waals surface area contributed by atoms with Gasteiger partial charge in [-0.25, -0.2) is 9.18 Å². The summed E-state index contributed by atoms with van der Waals surface area (Å²) < 4.78 is 18.7. The van der Waals surface area contributed by atoms with Crippen molar-refractivity contribution < 1.29 is 13.9 Å². The van der Waals surface area contributed by atoms with E-state index in [0.29, 0.717) is 11.1 Å². The summed E-state index contributed by atoms with van der Waals surface area (Å²) in [5, 5.41) is 2.77. The molecule has 1 N–H and O–H groups in total. The first-order valence-corrected chi connectivity index (χ1v) is 6.08. The molecule has 1 aliphatic rings. The van der Waals surface area contributed by atoms with Crippen LogP contribution in [0.4, 0.5) is 9.18 Å². The molecule has 18 heavy (non-hydrogen) atoms. The number of amides is 1. The van der Waals surface area contributed by atoms with Crippen molar-refractivity contribution >= 4 is 34.4 Å². The Bertz CT molecular complexity index is 467. The maximum atomic E-state index is 13.0. The summed E-state index contributed by atoms with van der Waals surface area (Å²) in [5.41, 5.74) is 0.613. The molecule has 0 bridgehead atoms. The Labute approximate surface area is 120 Å². The standard InChI is InChI=1S/C12H13BrFNO2.ClH/c1-12(2)6-17-11(16)15-10(12)8-4-3-7(14)5-9(8)13;/h3-5,10H,6H2,1-2H3,(H,15,16);1H/t10-;/m0./s1. The van der Waals surface area contributed by atoms with Gasteiger partial charge in [-0.15, -0.1) is 12.4 Å². The molecule has 1 amide bonds. The van der Waals surface area contributed by atoms with E-state index in [-0.39, 0.29) is 29.7 Å². The SMILES string of the molecule is CC1(C)COC(=O)N[C@H]1c1ccc(F)cc1Br.Cl. The van der Waals surface area contributed by atoms with Crippen LogP contribution < -0.4 is 5.32 Å². The fourth-order valence-corrected chi connectivity index (χ4v) is 2.50. The van der Waals surface area contributed by atoms with E-state index in [9.17, 15) is 9.18 Å². The van der Waals surface area contributed by atoms with Crippen LogP contribution in [0.15, 0.2) is 22.7 Å². The number of rotatable bonds is 1. The van der Waals surface area contributed by atoms with E-state index < -0.39 is 6.09 Å². The van der Waals surface area contributed by atoms with E-state index in [1.54, 1.807) is 6.07 Å². The van der Waals surface area contributed by atoms with Crippen molar-refractivity contribution in [2.75, 3.05) is 6.61 Å². The fourth-order valence-electron chi connectivity index (χ4n) is 1.92. The smallest absolute Gasteiger partial charge is 0.407 e. The van der Waals surface area contributed by atoms with Gasteiger partial charge in [0, 0.05) is 9.89 Å². The molecule has 0 unspecified atom stereocenters. The third-order valence-corrected chi connectivity index (χ3v) is 3.58. The second-order valence-electron chi connectivity index (χ2n) is 4.81. The first-order chi connectivity index (χ1) is 7.90. The average molecular weight is 339 g/mol. The molecule has 0 aromatic heterocycles. The van der Waals surface area contributed by atoms with E-state index >= 15 is 0 Å². The molecular formula is C12H14BrClFNO2. The van der Waals surface area contributed by atoms with Gasteiger partial charge in [0.05, 0.1) is 6.04 Å². The number of carbonyl (C=O) groups excluding carboxylic acids is 1. The highest BCUT2D eigenvalue weighted by Crippen LogP contribution is 2.39. The van der Waals surface area contributed by atoms with Crippen molar-refractivity contribution in [3.8, 4) is 0 Å². The summed E-state index contributed by atoms with van der Waals surface area (Å²) in [7, 11) is 0. The van der Waals surface area contributed by atoms with Gasteiger partial charge in [0.15, 0.2) is 0 Å². The zero-order valence-corrected chi connectivity index (χ0v) is 12.4. The van der Waals surface area contributed by atoms with E-state index in [1.807, 2.05) is 13.8 Å². The predicted molar refractivity (Wildman–Crippen MR) is 72.4 cm³/mol. The van der Waals surface area contributed by atoms with Gasteiger partial charge in [-0.3, -0.25) is 0 Å². The molecule has 1 aromatic carbocycles. The minimum Gasteiger partial charge on any atom is -0.449 e. The van der Waals surface area contributed by atoms with Crippen LogP contribution in [0.2, 0.25) is 0 Å². The highest BCUT2D eigenvalue weighted by atomic mass is 79.9. The summed E-state index contributed by atoms with van der Waals surface area (Å²) in [5.74, 6) is -0.309. The summed E-state index contributed by atoms with van der Waals surface area (Å²) in [6.45, 7) is 4.33. The molecule has 1 aromatic rings. The van der Waals surface area contributed by atoms with Crippen LogP contribution in [0.3, 0.4) is 0 Å². The lowest BCUT2D eigenvalue weighted by atomic mass is 9.80. The van der Waals surface area contributed by atoms with Crippen molar-refractivity contribution in [1.82, 2.24) is 5.32 Å². The van der Waals surface area contributed by atoms with Crippen molar-refractivity contribution in [3.05, 3.63) is 34.1 Å². The van der Waals surface area contributed by atoms with Crippen molar-refractivity contribution in [2.45, 2.75) is 19.9 Å². The largest absolute Gasteiger partial charge is 0.449 e. The van der Waals surface area contributed by atoms with Crippen LogP contribution in [0.1, 0.15) is 25.5 Å². The number of hydrogen-bond acceptors (Lipinski definition) is 2. The van der Waals surface area contributed by atoms with Gasteiger partial charge in [-0.05, 0) is 17.7 Å². The molecule has 0 aliphatic carbocycles. The molecule has 2 rings (SSSR count). The van der Waals surface area contributed by atoms with Gasteiger partial charge in [0.1, 0.15) is 12.4 Å². The minimum absolute atomic E-state index is 0. The number of nitrogens with one attached hydrogen (secondary N) is 1. The Morgan fingerprint density at radius 3 is 2.78 bits per heavy atom. The van der Waals surface area contributed by atoms with E-state index in [2.05, 4.69) is 21.2 Å². The zero-order valence-electron chi connectivity index (χ0n) is 10.00. The number of carbonyl (C=O) groups is 1. The summed E-state index contributed by atoms with van der Waals surface area (Å²) in [4.78, 5) is 11.3. The third-order valence-electron chi connectivity index (χ3n) is 2.89. The molecule has 1 saturated heterocycles. The van der Waals surface area contributed by atoms with Gasteiger partial charge in [0.25, 0.3) is 0 Å². The van der Waals surface area contributed by atoms with E-state index in [1.165, 1.54) is 12.1 Å². The van der Waals surface area contributed by atoms with Gasteiger partial charge in [0.2, 0.25) is 0 Å². The Morgan fingerprint density at radius 1 is 1.50 bits per heavy atom. The van der Waals surface area contributed by atoms with Crippen molar-refractivity contribution in [1.29, 1.82) is 0 Å². The first-order valence-electron chi connectivity index (χ1n) is 5.28. The lowest BCUT2D eigenvalue weighted by molar-refractivity contribution is 0.0385. The highest BCUT2D eigenvalue weighted by molar-refractivity contribution is 9.10. The van der Waals surface area contributed by atoms with Crippen LogP contribution in [0.25, 0.3) is 0 Å². The molecule has 0 spiro atoms. The molecule has 1 aliphatic heterocycles. The van der Waals surface area contributed by atoms with E-state index in [4.69, 9.17) is 4.74 Å². The topological polar surface area (TPSA) is 38.3 Å². The number of ether oxygens (including phenoxy) is 1. The first kappa shape index (κ1) is 15.2. The number of cyclic esters (lactones) is 1. The molecule has 0 radical (unpaired) electrons. The average Bonchev–Trinajstić information content (AvgIpc) is 2.23.